The highest BCUT2D eigenvalue weighted by molar-refractivity contribution is 5.77. The number of hydrogen-bond donors (Lipinski definition) is 2. The van der Waals surface area contributed by atoms with Crippen LogP contribution in [-0.4, -0.2) is 9.97 Å². The van der Waals surface area contributed by atoms with E-state index < -0.39 is 0 Å². The Morgan fingerprint density at radius 3 is 2.41 bits per heavy atom. The molecule has 3 rings (SSSR count). The lowest BCUT2D eigenvalue weighted by atomic mass is 9.94. The number of para-hydroxylation sites is 1. The van der Waals surface area contributed by atoms with E-state index in [2.05, 4.69) is 60.3 Å². The number of H-pyrrole nitrogens is 1. The predicted molar refractivity (Wildman–Crippen MR) is 112 cm³/mol. The van der Waals surface area contributed by atoms with Crippen molar-refractivity contribution in [1.29, 1.82) is 0 Å². The summed E-state index contributed by atoms with van der Waals surface area (Å²) in [6.07, 6.45) is 2.27. The first kappa shape index (κ1) is 19.3. The zero-order valence-electron chi connectivity index (χ0n) is 16.6. The number of aromatic amines is 1. The summed E-state index contributed by atoms with van der Waals surface area (Å²) in [7, 11) is 0. The van der Waals surface area contributed by atoms with Crippen molar-refractivity contribution in [3.05, 3.63) is 75.8 Å². The molecule has 0 bridgehead atoms. The minimum Gasteiger partial charge on any atom is -0.309 e. The summed E-state index contributed by atoms with van der Waals surface area (Å²) < 4.78 is 0. The Labute approximate surface area is 161 Å². The number of hydrogen-bond acceptors (Lipinski definition) is 3. The second-order valence-corrected chi connectivity index (χ2v) is 7.57. The van der Waals surface area contributed by atoms with Crippen LogP contribution in [0.15, 0.2) is 53.3 Å². The summed E-state index contributed by atoms with van der Waals surface area (Å²) >= 11 is 0. The van der Waals surface area contributed by atoms with Crippen LogP contribution in [0.4, 0.5) is 0 Å². The first-order chi connectivity index (χ1) is 13.0. The Kier molecular flexibility index (Phi) is 6.07. The molecule has 0 aliphatic rings. The lowest BCUT2D eigenvalue weighted by molar-refractivity contribution is 0.367. The van der Waals surface area contributed by atoms with Crippen molar-refractivity contribution < 1.29 is 0 Å². The van der Waals surface area contributed by atoms with Crippen molar-refractivity contribution in [1.82, 2.24) is 15.3 Å². The molecule has 0 saturated carbocycles. The molecule has 0 saturated heterocycles. The summed E-state index contributed by atoms with van der Waals surface area (Å²) in [4.78, 5) is 20.0. The Morgan fingerprint density at radius 2 is 1.74 bits per heavy atom. The van der Waals surface area contributed by atoms with Crippen LogP contribution >= 0.6 is 0 Å². The Hall–Kier alpha value is -2.46. The van der Waals surface area contributed by atoms with Gasteiger partial charge in [0, 0.05) is 6.04 Å². The van der Waals surface area contributed by atoms with Crippen LogP contribution in [0.5, 0.6) is 0 Å². The number of rotatable bonds is 7. The maximum Gasteiger partial charge on any atom is 0.258 e. The standard InChI is InChI=1S/C23H29N3O/c1-5-8-17-11-13-18(14-12-17)21(15(2)3)24-16(4)22-25-20-10-7-6-9-19(20)23(27)26-22/h6-7,9-16,21,24H,5,8H2,1-4H3,(H,25,26,27)/t16-,21+/m1/s1. The van der Waals surface area contributed by atoms with Gasteiger partial charge in [0.25, 0.3) is 5.56 Å². The maximum absolute atomic E-state index is 12.4. The fraction of sp³-hybridized carbons (Fsp3) is 0.391. The van der Waals surface area contributed by atoms with Gasteiger partial charge in [-0.15, -0.1) is 0 Å². The normalized spacial score (nSPS) is 13.8. The van der Waals surface area contributed by atoms with E-state index in [0.717, 1.165) is 18.4 Å². The van der Waals surface area contributed by atoms with Crippen molar-refractivity contribution in [2.45, 2.75) is 52.6 Å². The molecule has 142 valence electrons. The van der Waals surface area contributed by atoms with E-state index in [9.17, 15) is 4.79 Å². The molecule has 4 nitrogen and oxygen atoms in total. The number of fused-ring (bicyclic) bond motifs is 1. The van der Waals surface area contributed by atoms with Crippen LogP contribution in [0.1, 0.15) is 63.2 Å². The highest BCUT2D eigenvalue weighted by Gasteiger charge is 2.20. The summed E-state index contributed by atoms with van der Waals surface area (Å²) in [5, 5.41) is 4.29. The van der Waals surface area contributed by atoms with E-state index >= 15 is 0 Å². The molecule has 4 heteroatoms. The van der Waals surface area contributed by atoms with Crippen molar-refractivity contribution >= 4 is 10.9 Å². The summed E-state index contributed by atoms with van der Waals surface area (Å²) in [5.74, 6) is 1.09. The average Bonchev–Trinajstić information content (AvgIpc) is 2.66. The predicted octanol–water partition coefficient (Wildman–Crippen LogP) is 4.92. The van der Waals surface area contributed by atoms with Crippen molar-refractivity contribution in [3.8, 4) is 0 Å². The van der Waals surface area contributed by atoms with Crippen LogP contribution in [-0.2, 0) is 6.42 Å². The molecular formula is C23H29N3O. The smallest absolute Gasteiger partial charge is 0.258 e. The van der Waals surface area contributed by atoms with Crippen molar-refractivity contribution in [2.75, 3.05) is 0 Å². The molecule has 0 spiro atoms. The van der Waals surface area contributed by atoms with Gasteiger partial charge in [0.2, 0.25) is 0 Å². The number of aryl methyl sites for hydroxylation is 1. The van der Waals surface area contributed by atoms with Gasteiger partial charge in [-0.05, 0) is 42.5 Å². The van der Waals surface area contributed by atoms with Gasteiger partial charge in [0.05, 0.1) is 16.9 Å². The third-order valence-corrected chi connectivity index (χ3v) is 5.02. The van der Waals surface area contributed by atoms with Crippen LogP contribution in [0.25, 0.3) is 10.9 Å². The largest absolute Gasteiger partial charge is 0.309 e. The molecule has 1 aromatic heterocycles. The molecule has 0 fully saturated rings. The number of benzene rings is 2. The molecule has 2 atom stereocenters. The summed E-state index contributed by atoms with van der Waals surface area (Å²) in [6, 6.07) is 16.4. The summed E-state index contributed by atoms with van der Waals surface area (Å²) in [5.41, 5.74) is 3.28. The fourth-order valence-corrected chi connectivity index (χ4v) is 3.51. The monoisotopic (exact) mass is 363 g/mol. The minimum absolute atomic E-state index is 0.0648. The van der Waals surface area contributed by atoms with Gasteiger partial charge in [-0.1, -0.05) is 63.6 Å². The molecule has 1 heterocycles. The molecule has 2 N–H and O–H groups in total. The molecular weight excluding hydrogens is 334 g/mol. The van der Waals surface area contributed by atoms with Crippen molar-refractivity contribution in [2.24, 2.45) is 5.92 Å². The third kappa shape index (κ3) is 4.45. The maximum atomic E-state index is 12.4. The topological polar surface area (TPSA) is 57.8 Å². The highest BCUT2D eigenvalue weighted by Crippen LogP contribution is 2.25. The molecule has 0 aliphatic carbocycles. The number of nitrogens with one attached hydrogen (secondary N) is 2. The van der Waals surface area contributed by atoms with E-state index in [1.54, 1.807) is 6.07 Å². The van der Waals surface area contributed by atoms with Crippen LogP contribution in [0.2, 0.25) is 0 Å². The van der Waals surface area contributed by atoms with E-state index in [1.165, 1.54) is 11.1 Å². The van der Waals surface area contributed by atoms with Gasteiger partial charge in [-0.2, -0.15) is 0 Å². The molecule has 0 unspecified atom stereocenters. The van der Waals surface area contributed by atoms with Crippen molar-refractivity contribution in [3.63, 3.8) is 0 Å². The molecule has 3 aromatic rings. The second-order valence-electron chi connectivity index (χ2n) is 7.57. The molecule has 2 aromatic carbocycles. The molecule has 0 radical (unpaired) electrons. The fourth-order valence-electron chi connectivity index (χ4n) is 3.51. The van der Waals surface area contributed by atoms with Gasteiger partial charge >= 0.3 is 0 Å². The van der Waals surface area contributed by atoms with Crippen LogP contribution < -0.4 is 10.9 Å². The van der Waals surface area contributed by atoms with Crippen LogP contribution in [0.3, 0.4) is 0 Å². The molecule has 0 amide bonds. The zero-order valence-corrected chi connectivity index (χ0v) is 16.6. The third-order valence-electron chi connectivity index (χ3n) is 5.02. The Bertz CT molecular complexity index is 944. The molecule has 0 aliphatic heterocycles. The summed E-state index contributed by atoms with van der Waals surface area (Å²) in [6.45, 7) is 8.67. The van der Waals surface area contributed by atoms with Gasteiger partial charge in [-0.3, -0.25) is 4.79 Å². The molecule has 27 heavy (non-hydrogen) atoms. The lowest BCUT2D eigenvalue weighted by Crippen LogP contribution is -2.30. The van der Waals surface area contributed by atoms with E-state index in [0.29, 0.717) is 17.1 Å². The first-order valence-electron chi connectivity index (χ1n) is 9.83. The van der Waals surface area contributed by atoms with E-state index in [-0.39, 0.29) is 17.6 Å². The Balaban J connectivity index is 1.85. The van der Waals surface area contributed by atoms with Crippen LogP contribution in [0, 0.1) is 5.92 Å². The van der Waals surface area contributed by atoms with Gasteiger partial charge in [-0.25, -0.2) is 4.98 Å². The van der Waals surface area contributed by atoms with Gasteiger partial charge < -0.3 is 10.3 Å². The van der Waals surface area contributed by atoms with E-state index in [1.807, 2.05) is 25.1 Å². The number of nitrogens with zero attached hydrogens (tertiary/aromatic N) is 1. The highest BCUT2D eigenvalue weighted by atomic mass is 16.1. The Morgan fingerprint density at radius 1 is 1.04 bits per heavy atom. The van der Waals surface area contributed by atoms with E-state index in [4.69, 9.17) is 0 Å². The second kappa shape index (κ2) is 8.49. The lowest BCUT2D eigenvalue weighted by Gasteiger charge is -2.27. The zero-order chi connectivity index (χ0) is 19.4. The van der Waals surface area contributed by atoms with Gasteiger partial charge in [0.1, 0.15) is 5.82 Å². The van der Waals surface area contributed by atoms with Gasteiger partial charge in [0.15, 0.2) is 0 Å². The SMILES string of the molecule is CCCc1ccc([C@@H](N[C@H](C)c2nc3ccccc3c(=O)[nH]2)C(C)C)cc1. The quantitative estimate of drug-likeness (QED) is 0.626. The first-order valence-corrected chi connectivity index (χ1v) is 9.83. The average molecular weight is 364 g/mol. The minimum atomic E-state index is -0.0886. The number of aromatic nitrogens is 2.